The lowest BCUT2D eigenvalue weighted by Crippen LogP contribution is -2.15. The van der Waals surface area contributed by atoms with Crippen molar-refractivity contribution in [3.05, 3.63) is 78.1 Å². The van der Waals surface area contributed by atoms with Gasteiger partial charge in [-0.25, -0.2) is 0 Å². The standard InChI is InChI=1S/C18H18N2/c19-11-16(14-6-2-1-3-7-14)10-17-13-20-12-15-8-4-5-9-18(15)17/h1-9,12-13,16H,10-11,19H2. The number of fused-ring (bicyclic) bond motifs is 1. The summed E-state index contributed by atoms with van der Waals surface area (Å²) in [5.41, 5.74) is 8.54. The molecule has 2 heteroatoms. The summed E-state index contributed by atoms with van der Waals surface area (Å²) in [4.78, 5) is 4.35. The van der Waals surface area contributed by atoms with E-state index in [1.165, 1.54) is 21.9 Å². The minimum absolute atomic E-state index is 0.337. The van der Waals surface area contributed by atoms with Crippen molar-refractivity contribution in [3.8, 4) is 0 Å². The van der Waals surface area contributed by atoms with Gasteiger partial charge in [0.25, 0.3) is 0 Å². The zero-order valence-electron chi connectivity index (χ0n) is 11.4. The summed E-state index contributed by atoms with van der Waals surface area (Å²) in [6, 6.07) is 18.9. The number of aromatic nitrogens is 1. The van der Waals surface area contributed by atoms with Crippen LogP contribution in [0.3, 0.4) is 0 Å². The average Bonchev–Trinajstić information content (AvgIpc) is 2.53. The lowest BCUT2D eigenvalue weighted by atomic mass is 9.91. The van der Waals surface area contributed by atoms with Crippen molar-refractivity contribution in [3.63, 3.8) is 0 Å². The van der Waals surface area contributed by atoms with Crippen LogP contribution in [0.4, 0.5) is 0 Å². The summed E-state index contributed by atoms with van der Waals surface area (Å²) in [5.74, 6) is 0.337. The van der Waals surface area contributed by atoms with E-state index in [0.29, 0.717) is 12.5 Å². The van der Waals surface area contributed by atoms with Crippen LogP contribution in [0.15, 0.2) is 67.0 Å². The molecule has 0 aliphatic carbocycles. The van der Waals surface area contributed by atoms with Gasteiger partial charge in [-0.2, -0.15) is 0 Å². The molecule has 3 aromatic rings. The Hall–Kier alpha value is -2.19. The molecule has 0 radical (unpaired) electrons. The van der Waals surface area contributed by atoms with Gasteiger partial charge < -0.3 is 5.73 Å². The third-order valence-corrected chi connectivity index (χ3v) is 3.77. The molecule has 0 amide bonds. The molecule has 1 atom stereocenters. The summed E-state index contributed by atoms with van der Waals surface area (Å²) in [7, 11) is 0. The highest BCUT2D eigenvalue weighted by Crippen LogP contribution is 2.24. The van der Waals surface area contributed by atoms with Crippen LogP contribution in [0, 0.1) is 0 Å². The van der Waals surface area contributed by atoms with Crippen LogP contribution in [0.1, 0.15) is 17.0 Å². The minimum atomic E-state index is 0.337. The van der Waals surface area contributed by atoms with Gasteiger partial charge in [0.05, 0.1) is 0 Å². The third-order valence-electron chi connectivity index (χ3n) is 3.77. The van der Waals surface area contributed by atoms with Crippen LogP contribution in [-0.2, 0) is 6.42 Å². The van der Waals surface area contributed by atoms with Gasteiger partial charge in [-0.15, -0.1) is 0 Å². The number of pyridine rings is 1. The Morgan fingerprint density at radius 3 is 2.45 bits per heavy atom. The highest BCUT2D eigenvalue weighted by atomic mass is 14.6. The molecule has 1 unspecified atom stereocenters. The van der Waals surface area contributed by atoms with Gasteiger partial charge in [-0.3, -0.25) is 4.98 Å². The number of nitrogens with two attached hydrogens (primary N) is 1. The fourth-order valence-corrected chi connectivity index (χ4v) is 2.67. The fraction of sp³-hybridized carbons (Fsp3) is 0.167. The van der Waals surface area contributed by atoms with Crippen molar-refractivity contribution < 1.29 is 0 Å². The smallest absolute Gasteiger partial charge is 0.0346 e. The highest BCUT2D eigenvalue weighted by Gasteiger charge is 2.12. The van der Waals surface area contributed by atoms with Crippen LogP contribution in [-0.4, -0.2) is 11.5 Å². The molecular weight excluding hydrogens is 244 g/mol. The third kappa shape index (κ3) is 2.56. The first-order chi connectivity index (χ1) is 9.88. The van der Waals surface area contributed by atoms with E-state index in [9.17, 15) is 0 Å². The van der Waals surface area contributed by atoms with Crippen molar-refractivity contribution >= 4 is 10.8 Å². The Balaban J connectivity index is 1.96. The highest BCUT2D eigenvalue weighted by molar-refractivity contribution is 5.84. The molecular formula is C18H18N2. The van der Waals surface area contributed by atoms with Crippen LogP contribution in [0.5, 0.6) is 0 Å². The van der Waals surface area contributed by atoms with Crippen molar-refractivity contribution in [2.24, 2.45) is 5.73 Å². The van der Waals surface area contributed by atoms with Gasteiger partial charge >= 0.3 is 0 Å². The lowest BCUT2D eigenvalue weighted by molar-refractivity contribution is 0.696. The first-order valence-electron chi connectivity index (χ1n) is 6.95. The zero-order valence-corrected chi connectivity index (χ0v) is 11.4. The average molecular weight is 262 g/mol. The quantitative estimate of drug-likeness (QED) is 0.781. The summed E-state index contributed by atoms with van der Waals surface area (Å²) in [5, 5.41) is 2.46. The number of nitrogens with zero attached hydrogens (tertiary/aromatic N) is 1. The van der Waals surface area contributed by atoms with Gasteiger partial charge in [-0.1, -0.05) is 54.6 Å². The molecule has 0 saturated heterocycles. The van der Waals surface area contributed by atoms with Crippen molar-refractivity contribution in [2.75, 3.05) is 6.54 Å². The topological polar surface area (TPSA) is 38.9 Å². The molecule has 2 aromatic carbocycles. The molecule has 3 rings (SSSR count). The number of benzene rings is 2. The molecule has 100 valence electrons. The van der Waals surface area contributed by atoms with Crippen LogP contribution in [0.2, 0.25) is 0 Å². The maximum Gasteiger partial charge on any atom is 0.0346 e. The second-order valence-corrected chi connectivity index (χ2v) is 5.07. The molecule has 0 aliphatic rings. The van der Waals surface area contributed by atoms with E-state index in [1.807, 2.05) is 24.5 Å². The normalized spacial score (nSPS) is 12.4. The predicted octanol–water partition coefficient (Wildman–Crippen LogP) is 3.52. The molecule has 2 N–H and O–H groups in total. The van der Waals surface area contributed by atoms with Gasteiger partial charge in [-0.05, 0) is 29.5 Å². The number of hydrogen-bond donors (Lipinski definition) is 1. The molecule has 0 spiro atoms. The van der Waals surface area contributed by atoms with Crippen molar-refractivity contribution in [2.45, 2.75) is 12.3 Å². The molecule has 1 heterocycles. The number of rotatable bonds is 4. The van der Waals surface area contributed by atoms with Gasteiger partial charge in [0.2, 0.25) is 0 Å². The summed E-state index contributed by atoms with van der Waals surface area (Å²) < 4.78 is 0. The largest absolute Gasteiger partial charge is 0.330 e. The molecule has 2 nitrogen and oxygen atoms in total. The van der Waals surface area contributed by atoms with Crippen molar-refractivity contribution in [1.82, 2.24) is 4.98 Å². The predicted molar refractivity (Wildman–Crippen MR) is 83.7 cm³/mol. The van der Waals surface area contributed by atoms with Crippen LogP contribution in [0.25, 0.3) is 10.8 Å². The molecule has 0 fully saturated rings. The monoisotopic (exact) mass is 262 g/mol. The number of hydrogen-bond acceptors (Lipinski definition) is 2. The fourth-order valence-electron chi connectivity index (χ4n) is 2.67. The minimum Gasteiger partial charge on any atom is -0.330 e. The summed E-state index contributed by atoms with van der Waals surface area (Å²) in [6.07, 6.45) is 4.81. The Morgan fingerprint density at radius 2 is 1.65 bits per heavy atom. The molecule has 1 aromatic heterocycles. The van der Waals surface area contributed by atoms with Gasteiger partial charge in [0, 0.05) is 23.7 Å². The first-order valence-corrected chi connectivity index (χ1v) is 6.95. The van der Waals surface area contributed by atoms with Gasteiger partial charge in [0.15, 0.2) is 0 Å². The Kier molecular flexibility index (Phi) is 3.75. The molecule has 0 bridgehead atoms. The van der Waals surface area contributed by atoms with E-state index >= 15 is 0 Å². The van der Waals surface area contributed by atoms with E-state index in [4.69, 9.17) is 5.73 Å². The van der Waals surface area contributed by atoms with E-state index in [-0.39, 0.29) is 0 Å². The molecule has 0 aliphatic heterocycles. The Morgan fingerprint density at radius 1 is 0.900 bits per heavy atom. The summed E-state index contributed by atoms with van der Waals surface area (Å²) >= 11 is 0. The lowest BCUT2D eigenvalue weighted by Gasteiger charge is -2.16. The molecule has 20 heavy (non-hydrogen) atoms. The molecule has 0 saturated carbocycles. The SMILES string of the molecule is NCC(Cc1cncc2ccccc12)c1ccccc1. The van der Waals surface area contributed by atoms with E-state index < -0.39 is 0 Å². The second kappa shape index (κ2) is 5.85. The van der Waals surface area contributed by atoms with E-state index in [1.54, 1.807) is 0 Å². The zero-order chi connectivity index (χ0) is 13.8. The van der Waals surface area contributed by atoms with Crippen LogP contribution >= 0.6 is 0 Å². The maximum atomic E-state index is 5.98. The van der Waals surface area contributed by atoms with E-state index in [2.05, 4.69) is 47.4 Å². The van der Waals surface area contributed by atoms with Gasteiger partial charge in [0.1, 0.15) is 0 Å². The van der Waals surface area contributed by atoms with Crippen LogP contribution < -0.4 is 5.73 Å². The first kappa shape index (κ1) is 12.8. The Bertz CT molecular complexity index is 687. The van der Waals surface area contributed by atoms with E-state index in [0.717, 1.165) is 6.42 Å². The summed E-state index contributed by atoms with van der Waals surface area (Å²) in [6.45, 7) is 0.646. The Labute approximate surface area is 119 Å². The second-order valence-electron chi connectivity index (χ2n) is 5.07. The van der Waals surface area contributed by atoms with Crippen molar-refractivity contribution in [1.29, 1.82) is 0 Å². The maximum absolute atomic E-state index is 5.98.